The van der Waals surface area contributed by atoms with Crippen LogP contribution in [0, 0.1) is 0 Å². The minimum Gasteiger partial charge on any atom is -0.748 e. The Morgan fingerprint density at radius 1 is 0.949 bits per heavy atom. The highest BCUT2D eigenvalue weighted by atomic mass is 32.2. The summed E-state index contributed by atoms with van der Waals surface area (Å²) in [4.78, 5) is 24.6. The van der Waals surface area contributed by atoms with Crippen molar-refractivity contribution in [1.29, 1.82) is 0 Å². The molecule has 1 aromatic heterocycles. The monoisotopic (exact) mass is 597 g/mol. The predicted octanol–water partition coefficient (Wildman–Crippen LogP) is 1.65. The molecule has 2 N–H and O–H groups in total. The van der Waals surface area contributed by atoms with Crippen LogP contribution in [0.5, 0.6) is 5.75 Å². The third-order valence-electron chi connectivity index (χ3n) is 5.75. The molecule has 0 atom stereocenters. The Morgan fingerprint density at radius 3 is 2.21 bits per heavy atom. The maximum atomic E-state index is 11.5. The highest BCUT2D eigenvalue weighted by molar-refractivity contribution is 7.85. The van der Waals surface area contributed by atoms with Crippen LogP contribution in [0.15, 0.2) is 42.3 Å². The van der Waals surface area contributed by atoms with Gasteiger partial charge in [0, 0.05) is 30.5 Å². The molecule has 0 bridgehead atoms. The van der Waals surface area contributed by atoms with Crippen LogP contribution in [-0.2, 0) is 26.8 Å². The fraction of sp³-hybridized carbons (Fsp3) is 0.261. The highest BCUT2D eigenvalue weighted by Gasteiger charge is 2.30. The zero-order valence-electron chi connectivity index (χ0n) is 20.0. The van der Waals surface area contributed by atoms with E-state index in [0.29, 0.717) is 20.9 Å². The van der Waals surface area contributed by atoms with Gasteiger partial charge in [0.1, 0.15) is 4.70 Å². The first-order valence-electron chi connectivity index (χ1n) is 11.3. The van der Waals surface area contributed by atoms with E-state index in [9.17, 15) is 45.7 Å². The van der Waals surface area contributed by atoms with E-state index in [1.165, 1.54) is 46.6 Å². The van der Waals surface area contributed by atoms with E-state index >= 15 is 0 Å². The number of hydrogen-bond donors (Lipinski definition) is 2. The fourth-order valence-corrected chi connectivity index (χ4v) is 6.11. The van der Waals surface area contributed by atoms with Crippen molar-refractivity contribution in [3.8, 4) is 5.75 Å². The highest BCUT2D eigenvalue weighted by Crippen LogP contribution is 2.40. The first-order valence-corrected chi connectivity index (χ1v) is 15.3. The van der Waals surface area contributed by atoms with Gasteiger partial charge in [-0.15, -0.1) is 0 Å². The van der Waals surface area contributed by atoms with E-state index < -0.39 is 43.7 Å². The van der Waals surface area contributed by atoms with Gasteiger partial charge < -0.3 is 29.0 Å². The van der Waals surface area contributed by atoms with E-state index in [2.05, 4.69) is 0 Å². The molecule has 208 valence electrons. The molecule has 2 heterocycles. The van der Waals surface area contributed by atoms with Crippen molar-refractivity contribution in [3.63, 3.8) is 0 Å². The molecule has 3 aromatic rings. The number of anilines is 1. The van der Waals surface area contributed by atoms with E-state index in [0.717, 1.165) is 0 Å². The van der Waals surface area contributed by atoms with E-state index in [4.69, 9.17) is 4.74 Å². The zero-order chi connectivity index (χ0) is 28.5. The Labute approximate surface area is 226 Å². The quantitative estimate of drug-likeness (QED) is 0.239. The number of fused-ring (bicyclic) bond motifs is 2. The lowest BCUT2D eigenvalue weighted by molar-refractivity contribution is -0.668. The lowest BCUT2D eigenvalue weighted by atomic mass is 10.2. The molecule has 0 saturated heterocycles. The lowest BCUT2D eigenvalue weighted by Crippen LogP contribution is -2.36. The number of benzene rings is 2. The Hall–Kier alpha value is -3.57. The van der Waals surface area contributed by atoms with Crippen LogP contribution in [0.1, 0.15) is 38.6 Å². The van der Waals surface area contributed by atoms with Gasteiger partial charge in [-0.3, -0.25) is 0 Å². The van der Waals surface area contributed by atoms with Crippen molar-refractivity contribution < 1.29 is 55.0 Å². The second-order valence-electron chi connectivity index (χ2n) is 8.53. The molecule has 2 aromatic carbocycles. The van der Waals surface area contributed by atoms with Gasteiger partial charge in [-0.1, -0.05) is 11.3 Å². The molecule has 0 radical (unpaired) electrons. The van der Waals surface area contributed by atoms with Crippen molar-refractivity contribution in [3.05, 3.63) is 58.4 Å². The number of rotatable bonds is 11. The molecule has 0 unspecified atom stereocenters. The SMILES string of the molecule is O=C(O)c1ccc2c(c1)N(CCCS(=O)(=O)[O-])C(=Cc1sc3ccc(C(=O)O)cc3[n+]1CCCS(=O)(=O)[O-])O2. The number of carbonyl (C=O) groups is 2. The summed E-state index contributed by atoms with van der Waals surface area (Å²) in [5.74, 6) is -3.19. The molecule has 0 saturated carbocycles. The number of thiazole rings is 1. The number of aryl methyl sites for hydroxylation is 1. The molecule has 1 aliphatic heterocycles. The van der Waals surface area contributed by atoms with Crippen LogP contribution in [0.3, 0.4) is 0 Å². The van der Waals surface area contributed by atoms with Crippen molar-refractivity contribution in [2.24, 2.45) is 0 Å². The molecule has 0 aliphatic carbocycles. The maximum Gasteiger partial charge on any atom is 0.335 e. The summed E-state index contributed by atoms with van der Waals surface area (Å²) in [5.41, 5.74) is 0.762. The number of aromatic carboxylic acids is 2. The van der Waals surface area contributed by atoms with Crippen molar-refractivity contribution in [2.75, 3.05) is 23.0 Å². The second kappa shape index (κ2) is 10.9. The Kier molecular flexibility index (Phi) is 7.94. The number of nitrogens with zero attached hydrogens (tertiary/aromatic N) is 2. The van der Waals surface area contributed by atoms with Crippen LogP contribution in [0.25, 0.3) is 16.3 Å². The molecule has 39 heavy (non-hydrogen) atoms. The molecule has 4 rings (SSSR count). The predicted molar refractivity (Wildman–Crippen MR) is 137 cm³/mol. The molecular formula is C23H21N2O11S3-. The normalized spacial score (nSPS) is 14.5. The van der Waals surface area contributed by atoms with Crippen LogP contribution in [-0.4, -0.2) is 66.1 Å². The molecule has 16 heteroatoms. The largest absolute Gasteiger partial charge is 0.748 e. The average Bonchev–Trinajstić information content (AvgIpc) is 3.34. The molecule has 0 spiro atoms. The van der Waals surface area contributed by atoms with Gasteiger partial charge in [-0.25, -0.2) is 26.4 Å². The van der Waals surface area contributed by atoms with Gasteiger partial charge in [0.05, 0.1) is 43.1 Å². The van der Waals surface area contributed by atoms with Crippen molar-refractivity contribution in [2.45, 2.75) is 19.4 Å². The Balaban J connectivity index is 1.79. The number of hydrogen-bond acceptors (Lipinski definition) is 11. The molecule has 0 fully saturated rings. The summed E-state index contributed by atoms with van der Waals surface area (Å²) in [5, 5.41) is 19.3. The van der Waals surface area contributed by atoms with Crippen LogP contribution >= 0.6 is 11.3 Å². The van der Waals surface area contributed by atoms with Gasteiger partial charge in [-0.2, -0.15) is 4.57 Å². The van der Waals surface area contributed by atoms with Crippen molar-refractivity contribution >= 4 is 65.5 Å². The molecule has 13 nitrogen and oxygen atoms in total. The van der Waals surface area contributed by atoms with Gasteiger partial charge in [0.15, 0.2) is 12.3 Å². The van der Waals surface area contributed by atoms with Crippen molar-refractivity contribution in [1.82, 2.24) is 0 Å². The van der Waals surface area contributed by atoms with Crippen LogP contribution in [0.2, 0.25) is 0 Å². The fourth-order valence-electron chi connectivity index (χ4n) is 4.05. The lowest BCUT2D eigenvalue weighted by Gasteiger charge is -2.18. The smallest absolute Gasteiger partial charge is 0.335 e. The minimum absolute atomic E-state index is 0.00382. The van der Waals surface area contributed by atoms with Crippen LogP contribution in [0.4, 0.5) is 5.69 Å². The minimum atomic E-state index is -4.50. The standard InChI is InChI=1S/C23H22N2O11S3/c26-22(27)14-3-5-18-16(11-14)24(7-1-9-38(30,31)32)20(36-18)13-21-25(8-2-10-39(33,34)35)17-12-15(23(28)29)4-6-19(17)37-21/h3-6,11-13H,1-2,7-10H2,(H3-,26,27,28,29,30,31,32,33,34,35)/p-1. The molecule has 0 amide bonds. The maximum absolute atomic E-state index is 11.5. The van der Waals surface area contributed by atoms with E-state index in [1.54, 1.807) is 16.7 Å². The third kappa shape index (κ3) is 6.90. The van der Waals surface area contributed by atoms with Gasteiger partial charge in [0.2, 0.25) is 11.4 Å². The van der Waals surface area contributed by atoms with E-state index in [-0.39, 0.29) is 48.7 Å². The summed E-state index contributed by atoms with van der Waals surface area (Å²) in [6.07, 6.45) is 1.42. The average molecular weight is 598 g/mol. The Morgan fingerprint density at radius 2 is 1.56 bits per heavy atom. The molecular weight excluding hydrogens is 576 g/mol. The van der Waals surface area contributed by atoms with Gasteiger partial charge in [-0.05, 0) is 36.8 Å². The summed E-state index contributed by atoms with van der Waals surface area (Å²) in [6.45, 7) is 0.0417. The van der Waals surface area contributed by atoms with Crippen LogP contribution < -0.4 is 14.2 Å². The van der Waals surface area contributed by atoms with E-state index in [1.807, 2.05) is 0 Å². The first kappa shape index (κ1) is 28.4. The van der Waals surface area contributed by atoms with Gasteiger partial charge >= 0.3 is 11.9 Å². The second-order valence-corrected chi connectivity index (χ2v) is 12.6. The molecule has 1 aliphatic rings. The number of aromatic nitrogens is 1. The topological polar surface area (TPSA) is 205 Å². The summed E-state index contributed by atoms with van der Waals surface area (Å²) < 4.78 is 75.2. The van der Waals surface area contributed by atoms with Gasteiger partial charge in [0.25, 0.3) is 5.01 Å². The zero-order valence-corrected chi connectivity index (χ0v) is 22.4. The summed E-state index contributed by atoms with van der Waals surface area (Å²) in [6, 6.07) is 8.54. The number of carboxylic acids is 2. The Bertz CT molecular complexity index is 1710. The summed E-state index contributed by atoms with van der Waals surface area (Å²) >= 11 is 1.23. The first-order chi connectivity index (χ1) is 18.2. The number of carboxylic acid groups (broad SMARTS) is 2. The third-order valence-corrected chi connectivity index (χ3v) is 8.44. The summed E-state index contributed by atoms with van der Waals surface area (Å²) in [7, 11) is -9.00. The number of ether oxygens (including phenoxy) is 1.